The first-order chi connectivity index (χ1) is 10.1. The Morgan fingerprint density at radius 1 is 1.10 bits per heavy atom. The smallest absolute Gasteiger partial charge is 0.262 e. The zero-order valence-corrected chi connectivity index (χ0v) is 11.4. The van der Waals surface area contributed by atoms with Crippen molar-refractivity contribution >= 4 is 22.6 Å². The molecule has 1 amide bonds. The summed E-state index contributed by atoms with van der Waals surface area (Å²) in [5, 5.41) is 3.10. The third kappa shape index (κ3) is 2.56. The van der Waals surface area contributed by atoms with Crippen LogP contribution in [-0.4, -0.2) is 5.91 Å². The normalized spacial score (nSPS) is 10.5. The maximum absolute atomic E-state index is 12.3. The molecular weight excluding hydrogens is 266 g/mol. The highest BCUT2D eigenvalue weighted by atomic mass is 16.3. The monoisotopic (exact) mass is 279 g/mol. The van der Waals surface area contributed by atoms with Crippen molar-refractivity contribution in [3.63, 3.8) is 0 Å². The summed E-state index contributed by atoms with van der Waals surface area (Å²) in [4.78, 5) is 24.5. The molecule has 0 bridgehead atoms. The van der Waals surface area contributed by atoms with E-state index in [0.717, 1.165) is 5.56 Å². The lowest BCUT2D eigenvalue weighted by atomic mass is 10.1. The summed E-state index contributed by atoms with van der Waals surface area (Å²) in [7, 11) is 0. The molecule has 0 aliphatic heterocycles. The molecule has 0 spiro atoms. The van der Waals surface area contributed by atoms with E-state index < -0.39 is 5.91 Å². The Labute approximate surface area is 121 Å². The van der Waals surface area contributed by atoms with E-state index in [9.17, 15) is 9.59 Å². The molecular formula is C17H13NO3. The molecule has 4 heteroatoms. The summed E-state index contributed by atoms with van der Waals surface area (Å²) in [5.41, 5.74) is 1.80. The zero-order valence-electron chi connectivity index (χ0n) is 11.4. The Morgan fingerprint density at radius 3 is 2.71 bits per heavy atom. The summed E-state index contributed by atoms with van der Waals surface area (Å²) in [6.45, 7) is 1.93. The number of carbonyl (C=O) groups is 1. The quantitative estimate of drug-likeness (QED) is 0.782. The number of hydrogen-bond acceptors (Lipinski definition) is 3. The average Bonchev–Trinajstić information content (AvgIpc) is 2.48. The lowest BCUT2D eigenvalue weighted by molar-refractivity contribution is 0.102. The number of nitrogens with one attached hydrogen (secondary N) is 1. The molecule has 0 aliphatic carbocycles. The van der Waals surface area contributed by atoms with Crippen LogP contribution in [0, 0.1) is 6.92 Å². The third-order valence-corrected chi connectivity index (χ3v) is 3.20. The molecule has 0 atom stereocenters. The second kappa shape index (κ2) is 5.25. The molecule has 0 saturated heterocycles. The standard InChI is InChI=1S/C17H13NO3/c1-11-5-4-6-12(9-11)18-17(20)14-10-21-15-8-3-2-7-13(15)16(14)19/h2-10H,1H3,(H,18,20). The van der Waals surface area contributed by atoms with E-state index in [1.54, 1.807) is 30.3 Å². The predicted molar refractivity (Wildman–Crippen MR) is 81.6 cm³/mol. The van der Waals surface area contributed by atoms with Crippen molar-refractivity contribution in [1.82, 2.24) is 0 Å². The topological polar surface area (TPSA) is 59.3 Å². The number of anilines is 1. The summed E-state index contributed by atoms with van der Waals surface area (Å²) in [5.74, 6) is -0.472. The number of rotatable bonds is 2. The Balaban J connectivity index is 1.99. The molecule has 3 rings (SSSR count). The van der Waals surface area contributed by atoms with E-state index in [-0.39, 0.29) is 11.0 Å². The van der Waals surface area contributed by atoms with Crippen LogP contribution in [0.2, 0.25) is 0 Å². The second-order valence-electron chi connectivity index (χ2n) is 4.80. The van der Waals surface area contributed by atoms with Gasteiger partial charge in [0.15, 0.2) is 0 Å². The van der Waals surface area contributed by atoms with E-state index in [4.69, 9.17) is 4.42 Å². The third-order valence-electron chi connectivity index (χ3n) is 3.20. The van der Waals surface area contributed by atoms with Crippen molar-refractivity contribution in [2.75, 3.05) is 5.32 Å². The highest BCUT2D eigenvalue weighted by Gasteiger charge is 2.14. The van der Waals surface area contributed by atoms with Crippen LogP contribution in [0.15, 0.2) is 64.0 Å². The van der Waals surface area contributed by atoms with Crippen LogP contribution in [0.5, 0.6) is 0 Å². The number of aryl methyl sites for hydroxylation is 1. The van der Waals surface area contributed by atoms with Crippen LogP contribution in [0.1, 0.15) is 15.9 Å². The zero-order chi connectivity index (χ0) is 14.8. The average molecular weight is 279 g/mol. The van der Waals surface area contributed by atoms with E-state index >= 15 is 0 Å². The minimum Gasteiger partial charge on any atom is -0.463 e. The Hall–Kier alpha value is -2.88. The van der Waals surface area contributed by atoms with E-state index in [1.165, 1.54) is 6.26 Å². The lowest BCUT2D eigenvalue weighted by Crippen LogP contribution is -2.21. The van der Waals surface area contributed by atoms with Crippen molar-refractivity contribution in [3.8, 4) is 0 Å². The van der Waals surface area contributed by atoms with Gasteiger partial charge in [-0.15, -0.1) is 0 Å². The van der Waals surface area contributed by atoms with Crippen LogP contribution >= 0.6 is 0 Å². The molecule has 0 saturated carbocycles. The SMILES string of the molecule is Cc1cccc(NC(=O)c2coc3ccccc3c2=O)c1. The van der Waals surface area contributed by atoms with Gasteiger partial charge in [-0.05, 0) is 36.8 Å². The Kier molecular flexibility index (Phi) is 3.28. The number of fused-ring (bicyclic) bond motifs is 1. The first kappa shape index (κ1) is 13.1. The van der Waals surface area contributed by atoms with Gasteiger partial charge in [0, 0.05) is 5.69 Å². The maximum atomic E-state index is 12.3. The van der Waals surface area contributed by atoms with Gasteiger partial charge >= 0.3 is 0 Å². The molecule has 104 valence electrons. The summed E-state index contributed by atoms with van der Waals surface area (Å²) < 4.78 is 5.35. The summed E-state index contributed by atoms with van der Waals surface area (Å²) in [6.07, 6.45) is 1.20. The molecule has 0 fully saturated rings. The van der Waals surface area contributed by atoms with Gasteiger partial charge < -0.3 is 9.73 Å². The molecule has 21 heavy (non-hydrogen) atoms. The van der Waals surface area contributed by atoms with Gasteiger partial charge in [0.25, 0.3) is 5.91 Å². The fourth-order valence-electron chi connectivity index (χ4n) is 2.16. The summed E-state index contributed by atoms with van der Waals surface area (Å²) >= 11 is 0. The summed E-state index contributed by atoms with van der Waals surface area (Å²) in [6, 6.07) is 14.2. The van der Waals surface area contributed by atoms with Crippen LogP contribution in [0.4, 0.5) is 5.69 Å². The second-order valence-corrected chi connectivity index (χ2v) is 4.80. The number of amides is 1. The van der Waals surface area contributed by atoms with E-state index in [1.807, 2.05) is 25.1 Å². The number of hydrogen-bond donors (Lipinski definition) is 1. The minimum absolute atomic E-state index is 0.00444. The first-order valence-corrected chi connectivity index (χ1v) is 6.54. The van der Waals surface area contributed by atoms with Gasteiger partial charge in [-0.25, -0.2) is 0 Å². The van der Waals surface area contributed by atoms with E-state index in [0.29, 0.717) is 16.7 Å². The number of carbonyl (C=O) groups excluding carboxylic acids is 1. The highest BCUT2D eigenvalue weighted by molar-refractivity contribution is 6.05. The Morgan fingerprint density at radius 2 is 1.90 bits per heavy atom. The van der Waals surface area contributed by atoms with Crippen LogP contribution in [0.25, 0.3) is 11.0 Å². The molecule has 1 heterocycles. The maximum Gasteiger partial charge on any atom is 0.262 e. The molecule has 4 nitrogen and oxygen atoms in total. The predicted octanol–water partition coefficient (Wildman–Crippen LogP) is 3.35. The fraction of sp³-hybridized carbons (Fsp3) is 0.0588. The van der Waals surface area contributed by atoms with Crippen molar-refractivity contribution in [2.24, 2.45) is 0 Å². The number of benzene rings is 2. The van der Waals surface area contributed by atoms with Gasteiger partial charge in [-0.1, -0.05) is 24.3 Å². The minimum atomic E-state index is -0.472. The van der Waals surface area contributed by atoms with Gasteiger partial charge in [0.2, 0.25) is 5.43 Å². The molecule has 0 radical (unpaired) electrons. The van der Waals surface area contributed by atoms with Crippen molar-refractivity contribution in [2.45, 2.75) is 6.92 Å². The van der Waals surface area contributed by atoms with Gasteiger partial charge in [-0.3, -0.25) is 9.59 Å². The Bertz CT molecular complexity index is 880. The van der Waals surface area contributed by atoms with Gasteiger partial charge in [-0.2, -0.15) is 0 Å². The molecule has 1 N–H and O–H groups in total. The van der Waals surface area contributed by atoms with E-state index in [2.05, 4.69) is 5.32 Å². The molecule has 3 aromatic rings. The molecule has 1 aromatic heterocycles. The van der Waals surface area contributed by atoms with Crippen LogP contribution < -0.4 is 10.7 Å². The molecule has 0 unspecified atom stereocenters. The lowest BCUT2D eigenvalue weighted by Gasteiger charge is -2.06. The van der Waals surface area contributed by atoms with Gasteiger partial charge in [0.05, 0.1) is 5.39 Å². The fourth-order valence-corrected chi connectivity index (χ4v) is 2.16. The van der Waals surface area contributed by atoms with Crippen molar-refractivity contribution < 1.29 is 9.21 Å². The van der Waals surface area contributed by atoms with Crippen molar-refractivity contribution in [3.05, 3.63) is 76.1 Å². The first-order valence-electron chi connectivity index (χ1n) is 6.54. The highest BCUT2D eigenvalue weighted by Crippen LogP contribution is 2.13. The van der Waals surface area contributed by atoms with Gasteiger partial charge in [0.1, 0.15) is 17.4 Å². The van der Waals surface area contributed by atoms with Crippen LogP contribution in [-0.2, 0) is 0 Å². The molecule has 0 aliphatic rings. The van der Waals surface area contributed by atoms with Crippen molar-refractivity contribution in [1.29, 1.82) is 0 Å². The van der Waals surface area contributed by atoms with Crippen LogP contribution in [0.3, 0.4) is 0 Å². The number of para-hydroxylation sites is 1. The molecule has 2 aromatic carbocycles. The largest absolute Gasteiger partial charge is 0.463 e.